The van der Waals surface area contributed by atoms with Crippen LogP contribution in [-0.2, 0) is 10.0 Å². The summed E-state index contributed by atoms with van der Waals surface area (Å²) in [4.78, 5) is 9.61. The van der Waals surface area contributed by atoms with Crippen LogP contribution >= 0.6 is 0 Å². The van der Waals surface area contributed by atoms with Crippen LogP contribution in [0.25, 0.3) is 0 Å². The Hall–Kier alpha value is -1.98. The second-order valence-corrected chi connectivity index (χ2v) is 6.73. The van der Waals surface area contributed by atoms with Gasteiger partial charge in [-0.3, -0.25) is 10.1 Å². The number of nitrogens with zero attached hydrogens (tertiary/aromatic N) is 1. The van der Waals surface area contributed by atoms with E-state index in [-0.39, 0.29) is 16.0 Å². The summed E-state index contributed by atoms with van der Waals surface area (Å²) in [6, 6.07) is 0.822. The Morgan fingerprint density at radius 2 is 1.95 bits per heavy atom. The Labute approximate surface area is 122 Å². The van der Waals surface area contributed by atoms with E-state index in [1.165, 1.54) is 27.7 Å². The van der Waals surface area contributed by atoms with Crippen molar-refractivity contribution in [2.45, 2.75) is 38.1 Å². The third-order valence-electron chi connectivity index (χ3n) is 2.83. The van der Waals surface area contributed by atoms with Gasteiger partial charge in [0.05, 0.1) is 20.9 Å². The van der Waals surface area contributed by atoms with Crippen LogP contribution in [0.1, 0.15) is 25.0 Å². The van der Waals surface area contributed by atoms with Gasteiger partial charge < -0.3 is 0 Å². The van der Waals surface area contributed by atoms with Gasteiger partial charge in [-0.25, -0.2) is 8.42 Å². The lowest BCUT2D eigenvalue weighted by Crippen LogP contribution is -2.42. The normalized spacial score (nSPS) is 12.0. The quantitative estimate of drug-likeness (QED) is 0.523. The first-order valence-corrected chi connectivity index (χ1v) is 7.37. The summed E-state index contributed by atoms with van der Waals surface area (Å²) in [5.74, 6) is 1.18. The monoisotopic (exact) mass is 314 g/mol. The molecule has 0 atom stereocenters. The molecule has 0 heterocycles. The first-order valence-electron chi connectivity index (χ1n) is 5.89. The van der Waals surface area contributed by atoms with Crippen molar-refractivity contribution in [2.24, 2.45) is 0 Å². The second kappa shape index (κ2) is 5.42. The SMILES string of the molecule is C#CC(C)(C)NS(=O)(=O)c1c(C)cc(F)c([N+](=O)[O-])c1C. The highest BCUT2D eigenvalue weighted by atomic mass is 32.2. The molecule has 1 N–H and O–H groups in total. The zero-order valence-corrected chi connectivity index (χ0v) is 12.8. The van der Waals surface area contributed by atoms with E-state index in [1.54, 1.807) is 0 Å². The van der Waals surface area contributed by atoms with E-state index in [4.69, 9.17) is 6.42 Å². The third kappa shape index (κ3) is 3.37. The van der Waals surface area contributed by atoms with Gasteiger partial charge in [0.25, 0.3) is 0 Å². The number of hydrogen-bond acceptors (Lipinski definition) is 4. The molecule has 0 unspecified atom stereocenters. The molecule has 0 aliphatic heterocycles. The minimum absolute atomic E-state index is 0.0657. The summed E-state index contributed by atoms with van der Waals surface area (Å²) in [7, 11) is -4.13. The number of benzene rings is 1. The molecule has 0 aliphatic carbocycles. The van der Waals surface area contributed by atoms with Crippen LogP contribution in [0.5, 0.6) is 0 Å². The van der Waals surface area contributed by atoms with Crippen LogP contribution in [0.2, 0.25) is 0 Å². The highest BCUT2D eigenvalue weighted by molar-refractivity contribution is 7.89. The maximum atomic E-state index is 13.6. The van der Waals surface area contributed by atoms with Gasteiger partial charge in [-0.2, -0.15) is 9.11 Å². The fraction of sp³-hybridized carbons (Fsp3) is 0.385. The molecule has 1 aromatic rings. The van der Waals surface area contributed by atoms with Crippen molar-refractivity contribution in [1.29, 1.82) is 0 Å². The molecule has 0 amide bonds. The molecule has 114 valence electrons. The van der Waals surface area contributed by atoms with Crippen molar-refractivity contribution >= 4 is 15.7 Å². The number of nitro benzene ring substituents is 1. The minimum atomic E-state index is -4.13. The summed E-state index contributed by atoms with van der Waals surface area (Å²) in [6.45, 7) is 5.48. The molecular weight excluding hydrogens is 299 g/mol. The molecule has 0 radical (unpaired) electrons. The second-order valence-electron chi connectivity index (χ2n) is 5.11. The van der Waals surface area contributed by atoms with Gasteiger partial charge in [-0.05, 0) is 39.3 Å². The zero-order chi connectivity index (χ0) is 16.6. The predicted octanol–water partition coefficient (Wildman–Crippen LogP) is 2.04. The lowest BCUT2D eigenvalue weighted by molar-refractivity contribution is -0.388. The maximum absolute atomic E-state index is 13.6. The number of rotatable bonds is 4. The summed E-state index contributed by atoms with van der Waals surface area (Å²) in [5, 5.41) is 10.9. The lowest BCUT2D eigenvalue weighted by atomic mass is 10.1. The molecule has 0 spiro atoms. The summed E-state index contributed by atoms with van der Waals surface area (Å²) >= 11 is 0. The van der Waals surface area contributed by atoms with Crippen LogP contribution in [0, 0.1) is 42.1 Å². The number of halogens is 1. The molecule has 1 rings (SSSR count). The fourth-order valence-corrected chi connectivity index (χ4v) is 3.78. The molecule has 0 aliphatic rings. The topological polar surface area (TPSA) is 89.3 Å². The molecule has 0 fully saturated rings. The highest BCUT2D eigenvalue weighted by Gasteiger charge is 2.32. The molecular formula is C13H15FN2O4S. The van der Waals surface area contributed by atoms with E-state index in [2.05, 4.69) is 10.6 Å². The first kappa shape index (κ1) is 17.1. The van der Waals surface area contributed by atoms with Gasteiger partial charge >= 0.3 is 5.69 Å². The van der Waals surface area contributed by atoms with Crippen molar-refractivity contribution < 1.29 is 17.7 Å². The average molecular weight is 314 g/mol. The Morgan fingerprint density at radius 3 is 2.38 bits per heavy atom. The maximum Gasteiger partial charge on any atom is 0.309 e. The molecule has 0 saturated heterocycles. The smallest absolute Gasteiger partial charge is 0.258 e. The van der Waals surface area contributed by atoms with E-state index < -0.39 is 32.0 Å². The molecule has 21 heavy (non-hydrogen) atoms. The van der Waals surface area contributed by atoms with E-state index in [1.807, 2.05) is 0 Å². The summed E-state index contributed by atoms with van der Waals surface area (Å²) in [6.07, 6.45) is 5.22. The van der Waals surface area contributed by atoms with Crippen molar-refractivity contribution in [1.82, 2.24) is 4.72 Å². The fourth-order valence-electron chi connectivity index (χ4n) is 1.96. The van der Waals surface area contributed by atoms with Gasteiger partial charge in [0.2, 0.25) is 15.8 Å². The number of terminal acetylenes is 1. The lowest BCUT2D eigenvalue weighted by Gasteiger charge is -2.21. The van der Waals surface area contributed by atoms with E-state index in [0.29, 0.717) is 0 Å². The molecule has 0 saturated carbocycles. The number of aryl methyl sites for hydroxylation is 1. The van der Waals surface area contributed by atoms with Crippen molar-refractivity contribution in [2.75, 3.05) is 0 Å². The van der Waals surface area contributed by atoms with E-state index >= 15 is 0 Å². The summed E-state index contributed by atoms with van der Waals surface area (Å²) < 4.78 is 40.7. The Kier molecular flexibility index (Phi) is 4.41. The first-order chi connectivity index (χ1) is 9.43. The number of nitro groups is 1. The van der Waals surface area contributed by atoms with Crippen LogP contribution < -0.4 is 4.72 Å². The average Bonchev–Trinajstić information content (AvgIpc) is 2.25. The Morgan fingerprint density at radius 1 is 1.43 bits per heavy atom. The van der Waals surface area contributed by atoms with Crippen molar-refractivity contribution in [3.05, 3.63) is 33.1 Å². The standard InChI is InChI=1S/C13H15FN2O4S/c1-6-13(4,5)15-21(19,20)12-8(2)7-10(14)11(9(12)3)16(17)18/h1,7,15H,2-5H3. The number of hydrogen-bond donors (Lipinski definition) is 1. The van der Waals surface area contributed by atoms with Gasteiger partial charge in [0.15, 0.2) is 0 Å². The molecule has 6 nitrogen and oxygen atoms in total. The number of sulfonamides is 1. The number of nitrogens with one attached hydrogen (secondary N) is 1. The highest BCUT2D eigenvalue weighted by Crippen LogP contribution is 2.31. The van der Waals surface area contributed by atoms with Crippen LogP contribution in [-0.4, -0.2) is 18.9 Å². The summed E-state index contributed by atoms with van der Waals surface area (Å²) in [5.41, 5.74) is -2.24. The molecule has 1 aromatic carbocycles. The Balaban J connectivity index is 3.62. The van der Waals surface area contributed by atoms with Gasteiger partial charge in [-0.1, -0.05) is 5.92 Å². The van der Waals surface area contributed by atoms with Gasteiger partial charge in [-0.15, -0.1) is 6.42 Å². The minimum Gasteiger partial charge on any atom is -0.258 e. The van der Waals surface area contributed by atoms with Gasteiger partial charge in [0, 0.05) is 0 Å². The third-order valence-corrected chi connectivity index (χ3v) is 4.77. The van der Waals surface area contributed by atoms with Crippen molar-refractivity contribution in [3.63, 3.8) is 0 Å². The zero-order valence-electron chi connectivity index (χ0n) is 12.0. The molecule has 0 bridgehead atoms. The predicted molar refractivity (Wildman–Crippen MR) is 75.8 cm³/mol. The van der Waals surface area contributed by atoms with Gasteiger partial charge in [0.1, 0.15) is 0 Å². The van der Waals surface area contributed by atoms with E-state index in [0.717, 1.165) is 6.07 Å². The van der Waals surface area contributed by atoms with Crippen LogP contribution in [0.4, 0.5) is 10.1 Å². The van der Waals surface area contributed by atoms with Crippen molar-refractivity contribution in [3.8, 4) is 12.3 Å². The van der Waals surface area contributed by atoms with E-state index in [9.17, 15) is 22.9 Å². The van der Waals surface area contributed by atoms with Crippen LogP contribution in [0.3, 0.4) is 0 Å². The molecule has 8 heteroatoms. The van der Waals surface area contributed by atoms with Crippen LogP contribution in [0.15, 0.2) is 11.0 Å². The Bertz CT molecular complexity index is 748. The molecule has 0 aromatic heterocycles. The largest absolute Gasteiger partial charge is 0.309 e.